The first-order valence-electron chi connectivity index (χ1n) is 5.23. The standard InChI is InChI=1S/C10H8ClN5O4/c11-3-4-1-5(16(19)20)2-6(9(4)17)7-8(10(12)18)14-15-13-7/h1-2,17H,3H2,(H2,12,18)(H,13,14,15). The molecule has 0 atom stereocenters. The molecule has 9 nitrogen and oxygen atoms in total. The third-order valence-corrected chi connectivity index (χ3v) is 2.85. The third-order valence-electron chi connectivity index (χ3n) is 2.56. The van der Waals surface area contributed by atoms with Gasteiger partial charge in [0.05, 0.1) is 16.4 Å². The molecule has 0 saturated carbocycles. The Morgan fingerprint density at radius 2 is 2.20 bits per heavy atom. The van der Waals surface area contributed by atoms with E-state index in [1.807, 2.05) is 0 Å². The number of nitro groups is 1. The molecule has 1 aromatic carbocycles. The number of rotatable bonds is 4. The van der Waals surface area contributed by atoms with Gasteiger partial charge in [-0.25, -0.2) is 0 Å². The van der Waals surface area contributed by atoms with E-state index in [2.05, 4.69) is 15.4 Å². The van der Waals surface area contributed by atoms with Crippen LogP contribution in [-0.4, -0.2) is 31.3 Å². The summed E-state index contributed by atoms with van der Waals surface area (Å²) in [6.07, 6.45) is 0. The summed E-state index contributed by atoms with van der Waals surface area (Å²) in [6.45, 7) is 0. The second-order valence-electron chi connectivity index (χ2n) is 3.78. The zero-order chi connectivity index (χ0) is 14.9. The molecule has 0 saturated heterocycles. The number of aromatic nitrogens is 3. The highest BCUT2D eigenvalue weighted by molar-refractivity contribution is 6.17. The second-order valence-corrected chi connectivity index (χ2v) is 4.04. The lowest BCUT2D eigenvalue weighted by Gasteiger charge is -2.06. The number of aromatic hydroxyl groups is 1. The minimum atomic E-state index is -0.882. The second kappa shape index (κ2) is 5.13. The Labute approximate surface area is 116 Å². The van der Waals surface area contributed by atoms with Crippen LogP contribution in [-0.2, 0) is 5.88 Å². The number of nitro benzene ring substituents is 1. The van der Waals surface area contributed by atoms with Gasteiger partial charge in [0.25, 0.3) is 11.6 Å². The molecule has 0 aliphatic carbocycles. The van der Waals surface area contributed by atoms with E-state index in [0.29, 0.717) is 0 Å². The highest BCUT2D eigenvalue weighted by Crippen LogP contribution is 2.36. The predicted molar refractivity (Wildman–Crippen MR) is 68.2 cm³/mol. The molecule has 1 amide bonds. The Hall–Kier alpha value is -2.68. The van der Waals surface area contributed by atoms with E-state index < -0.39 is 10.8 Å². The van der Waals surface area contributed by atoms with E-state index in [9.17, 15) is 20.0 Å². The summed E-state index contributed by atoms with van der Waals surface area (Å²) < 4.78 is 0. The zero-order valence-corrected chi connectivity index (χ0v) is 10.6. The van der Waals surface area contributed by atoms with Crippen molar-refractivity contribution in [3.63, 3.8) is 0 Å². The predicted octanol–water partition coefficient (Wildman–Crippen LogP) is 0.923. The number of nitrogens with zero attached hydrogens (tertiary/aromatic N) is 3. The molecule has 2 rings (SSSR count). The number of halogens is 1. The molecule has 104 valence electrons. The number of hydrogen-bond donors (Lipinski definition) is 3. The molecule has 20 heavy (non-hydrogen) atoms. The first-order chi connectivity index (χ1) is 9.45. The lowest BCUT2D eigenvalue weighted by molar-refractivity contribution is -0.384. The number of alkyl halides is 1. The van der Waals surface area contributed by atoms with Crippen molar-refractivity contribution in [2.24, 2.45) is 5.73 Å². The molecular formula is C10H8ClN5O4. The van der Waals surface area contributed by atoms with Crippen LogP contribution in [0, 0.1) is 10.1 Å². The molecule has 0 unspecified atom stereocenters. The van der Waals surface area contributed by atoms with Crippen LogP contribution < -0.4 is 5.73 Å². The molecule has 10 heteroatoms. The van der Waals surface area contributed by atoms with Gasteiger partial charge in [-0.2, -0.15) is 15.4 Å². The molecule has 1 heterocycles. The number of hydrogen-bond acceptors (Lipinski definition) is 6. The van der Waals surface area contributed by atoms with Crippen LogP contribution in [0.3, 0.4) is 0 Å². The van der Waals surface area contributed by atoms with Crippen molar-refractivity contribution in [2.45, 2.75) is 5.88 Å². The zero-order valence-electron chi connectivity index (χ0n) is 9.83. The van der Waals surface area contributed by atoms with Gasteiger partial charge >= 0.3 is 0 Å². The Kier molecular flexibility index (Phi) is 3.53. The van der Waals surface area contributed by atoms with Crippen molar-refractivity contribution < 1.29 is 14.8 Å². The number of primary amides is 1. The number of nitrogens with two attached hydrogens (primary N) is 1. The maximum atomic E-state index is 11.2. The first kappa shape index (κ1) is 13.7. The molecule has 0 aliphatic heterocycles. The third kappa shape index (κ3) is 2.26. The van der Waals surface area contributed by atoms with E-state index in [1.54, 1.807) is 0 Å². The minimum absolute atomic E-state index is 0.0441. The number of aromatic amines is 1. The summed E-state index contributed by atoms with van der Waals surface area (Å²) in [5.74, 6) is -1.35. The number of benzene rings is 1. The fraction of sp³-hybridized carbons (Fsp3) is 0.100. The van der Waals surface area contributed by atoms with Crippen molar-refractivity contribution in [2.75, 3.05) is 0 Å². The number of carbonyl (C=O) groups excluding carboxylic acids is 1. The van der Waals surface area contributed by atoms with Gasteiger partial charge in [-0.15, -0.1) is 11.6 Å². The van der Waals surface area contributed by atoms with Gasteiger partial charge in [0, 0.05) is 17.7 Å². The summed E-state index contributed by atoms with van der Waals surface area (Å²) in [6, 6.07) is 2.20. The van der Waals surface area contributed by atoms with E-state index in [1.165, 1.54) is 0 Å². The fourth-order valence-corrected chi connectivity index (χ4v) is 1.86. The van der Waals surface area contributed by atoms with Gasteiger partial charge in [0.1, 0.15) is 11.4 Å². The normalized spacial score (nSPS) is 10.4. The lowest BCUT2D eigenvalue weighted by Crippen LogP contribution is -2.12. The van der Waals surface area contributed by atoms with Crippen LogP contribution in [0.25, 0.3) is 11.3 Å². The van der Waals surface area contributed by atoms with Gasteiger partial charge in [-0.3, -0.25) is 14.9 Å². The average molecular weight is 298 g/mol. The molecule has 0 fully saturated rings. The van der Waals surface area contributed by atoms with Crippen molar-refractivity contribution in [1.82, 2.24) is 15.4 Å². The van der Waals surface area contributed by atoms with Gasteiger partial charge in [0.2, 0.25) is 0 Å². The minimum Gasteiger partial charge on any atom is -0.507 e. The van der Waals surface area contributed by atoms with Gasteiger partial charge in [-0.1, -0.05) is 0 Å². The topological polar surface area (TPSA) is 148 Å². The quantitative estimate of drug-likeness (QED) is 0.434. The number of H-pyrrole nitrogens is 1. The van der Waals surface area contributed by atoms with Crippen molar-refractivity contribution in [1.29, 1.82) is 0 Å². The summed E-state index contributed by atoms with van der Waals surface area (Å²) in [4.78, 5) is 21.4. The number of phenolic OH excluding ortho intramolecular Hbond substituents is 1. The molecule has 4 N–H and O–H groups in total. The van der Waals surface area contributed by atoms with Crippen LogP contribution >= 0.6 is 11.6 Å². The van der Waals surface area contributed by atoms with Crippen molar-refractivity contribution in [3.8, 4) is 17.0 Å². The van der Waals surface area contributed by atoms with Gasteiger partial charge < -0.3 is 10.8 Å². The van der Waals surface area contributed by atoms with Crippen LogP contribution in [0.15, 0.2) is 12.1 Å². The van der Waals surface area contributed by atoms with Gasteiger partial charge in [-0.05, 0) is 0 Å². The Morgan fingerprint density at radius 3 is 2.75 bits per heavy atom. The highest BCUT2D eigenvalue weighted by Gasteiger charge is 2.23. The summed E-state index contributed by atoms with van der Waals surface area (Å²) in [5.41, 5.74) is 4.59. The molecule has 0 aliphatic rings. The molecule has 0 bridgehead atoms. The molecule has 2 aromatic rings. The van der Waals surface area contributed by atoms with E-state index in [4.69, 9.17) is 17.3 Å². The van der Waals surface area contributed by atoms with Crippen LogP contribution in [0.2, 0.25) is 0 Å². The number of carbonyl (C=O) groups is 1. The average Bonchev–Trinajstić information content (AvgIpc) is 2.87. The maximum Gasteiger partial charge on any atom is 0.271 e. The molecule has 0 radical (unpaired) electrons. The summed E-state index contributed by atoms with van der Waals surface area (Å²) in [5, 5.41) is 30.3. The number of amides is 1. The molecular weight excluding hydrogens is 290 g/mol. The fourth-order valence-electron chi connectivity index (χ4n) is 1.66. The SMILES string of the molecule is NC(=O)c1n[nH]nc1-c1cc([N+](=O)[O-])cc(CCl)c1O. The number of non-ortho nitro benzene ring substituents is 1. The molecule has 1 aromatic heterocycles. The van der Waals surface area contributed by atoms with Crippen LogP contribution in [0.5, 0.6) is 5.75 Å². The van der Waals surface area contributed by atoms with E-state index in [0.717, 1.165) is 12.1 Å². The number of nitrogens with one attached hydrogen (secondary N) is 1. The Bertz CT molecular complexity index is 699. The molecule has 0 spiro atoms. The monoisotopic (exact) mass is 297 g/mol. The van der Waals surface area contributed by atoms with Gasteiger partial charge in [0.15, 0.2) is 5.69 Å². The number of phenols is 1. The Morgan fingerprint density at radius 1 is 1.50 bits per heavy atom. The smallest absolute Gasteiger partial charge is 0.271 e. The van der Waals surface area contributed by atoms with Crippen LogP contribution in [0.1, 0.15) is 16.1 Å². The van der Waals surface area contributed by atoms with Crippen molar-refractivity contribution >= 4 is 23.2 Å². The Balaban J connectivity index is 2.72. The highest BCUT2D eigenvalue weighted by atomic mass is 35.5. The summed E-state index contributed by atoms with van der Waals surface area (Å²) >= 11 is 5.63. The van der Waals surface area contributed by atoms with Crippen LogP contribution in [0.4, 0.5) is 5.69 Å². The van der Waals surface area contributed by atoms with E-state index >= 15 is 0 Å². The van der Waals surface area contributed by atoms with Crippen molar-refractivity contribution in [3.05, 3.63) is 33.5 Å². The largest absolute Gasteiger partial charge is 0.507 e. The summed E-state index contributed by atoms with van der Waals surface area (Å²) in [7, 11) is 0. The van der Waals surface area contributed by atoms with E-state index in [-0.39, 0.29) is 39.8 Å². The maximum absolute atomic E-state index is 11.2. The first-order valence-corrected chi connectivity index (χ1v) is 5.76. The lowest BCUT2D eigenvalue weighted by atomic mass is 10.0.